The van der Waals surface area contributed by atoms with Crippen LogP contribution in [0.5, 0.6) is 0 Å². The summed E-state index contributed by atoms with van der Waals surface area (Å²) in [6.07, 6.45) is 12.1. The maximum Gasteiger partial charge on any atom is 0.0346 e. The van der Waals surface area contributed by atoms with Crippen LogP contribution < -0.4 is 0 Å². The monoisotopic (exact) mass is 539 g/mol. The highest BCUT2D eigenvalue weighted by molar-refractivity contribution is 5.86. The van der Waals surface area contributed by atoms with Gasteiger partial charge in [-0.1, -0.05) is 72.8 Å². The van der Waals surface area contributed by atoms with Crippen molar-refractivity contribution in [2.45, 2.75) is 6.42 Å². The van der Waals surface area contributed by atoms with Gasteiger partial charge in [0.05, 0.1) is 0 Å². The van der Waals surface area contributed by atoms with Gasteiger partial charge in [0.15, 0.2) is 0 Å². The topological polar surface area (TPSA) is 49.6 Å². The number of rotatable bonds is 7. The lowest BCUT2D eigenvalue weighted by molar-refractivity contribution is 0.841. The van der Waals surface area contributed by atoms with E-state index in [-0.39, 0.29) is 5.92 Å². The molecule has 200 valence electrons. The van der Waals surface area contributed by atoms with Gasteiger partial charge in [-0.15, -0.1) is 0 Å². The normalized spacial score (nSPS) is 14.1. The van der Waals surface area contributed by atoms with Crippen molar-refractivity contribution in [2.75, 3.05) is 0 Å². The molecule has 1 N–H and O–H groups in total. The van der Waals surface area contributed by atoms with Gasteiger partial charge in [0.1, 0.15) is 0 Å². The van der Waals surface area contributed by atoms with E-state index in [0.29, 0.717) is 0 Å². The van der Waals surface area contributed by atoms with Gasteiger partial charge in [-0.05, 0) is 111 Å². The lowest BCUT2D eigenvalue weighted by Gasteiger charge is -2.22. The molecule has 2 heterocycles. The van der Waals surface area contributed by atoms with Crippen LogP contribution in [0.15, 0.2) is 146 Å². The van der Waals surface area contributed by atoms with Gasteiger partial charge in [-0.3, -0.25) is 9.97 Å². The van der Waals surface area contributed by atoms with Crippen LogP contribution in [0.3, 0.4) is 0 Å². The van der Waals surface area contributed by atoms with Crippen LogP contribution in [0.4, 0.5) is 0 Å². The number of benzene rings is 4. The van der Waals surface area contributed by atoms with Crippen molar-refractivity contribution >= 4 is 11.8 Å². The summed E-state index contributed by atoms with van der Waals surface area (Å²) in [5.41, 5.74) is 14.0. The van der Waals surface area contributed by atoms with Gasteiger partial charge < -0.3 is 5.41 Å². The molecule has 2 aromatic heterocycles. The van der Waals surface area contributed by atoms with Gasteiger partial charge in [-0.25, -0.2) is 0 Å². The summed E-state index contributed by atoms with van der Waals surface area (Å²) in [5, 5.41) is 7.56. The standard InChI is InChI=1S/C39H29N3/c40-24-27-16-36(17-27)30-8-3-11-33(20-30)39-22-37(31-9-1-6-28(18-31)34-12-4-14-41-25-34)21-38(23-39)32-10-2-7-29(19-32)35-13-5-15-42-26-35/h1-16,18-27,40H,17H2. The van der Waals surface area contributed by atoms with Crippen molar-refractivity contribution in [1.29, 1.82) is 5.41 Å². The summed E-state index contributed by atoms with van der Waals surface area (Å²) in [6, 6.07) is 41.2. The predicted molar refractivity (Wildman–Crippen MR) is 174 cm³/mol. The minimum Gasteiger partial charge on any atom is -0.312 e. The van der Waals surface area contributed by atoms with Crippen LogP contribution >= 0.6 is 0 Å². The van der Waals surface area contributed by atoms with E-state index in [4.69, 9.17) is 5.41 Å². The molecule has 0 aliphatic heterocycles. The number of pyridine rings is 2. The average Bonchev–Trinajstić information content (AvgIpc) is 3.05. The molecule has 1 aliphatic carbocycles. The first-order chi connectivity index (χ1) is 20.7. The number of nitrogens with zero attached hydrogens (tertiary/aromatic N) is 2. The first-order valence-electron chi connectivity index (χ1n) is 14.2. The molecule has 1 atom stereocenters. The molecule has 0 saturated heterocycles. The van der Waals surface area contributed by atoms with Crippen molar-refractivity contribution < 1.29 is 0 Å². The summed E-state index contributed by atoms with van der Waals surface area (Å²) >= 11 is 0. The van der Waals surface area contributed by atoms with E-state index in [0.717, 1.165) is 50.9 Å². The van der Waals surface area contributed by atoms with Crippen LogP contribution in [0.2, 0.25) is 0 Å². The summed E-state index contributed by atoms with van der Waals surface area (Å²) in [7, 11) is 0. The Morgan fingerprint density at radius 3 is 1.24 bits per heavy atom. The van der Waals surface area contributed by atoms with Crippen LogP contribution in [0.25, 0.3) is 61.2 Å². The van der Waals surface area contributed by atoms with Crippen molar-refractivity contribution in [1.82, 2.24) is 9.97 Å². The van der Waals surface area contributed by atoms with Crippen LogP contribution in [0, 0.1) is 11.3 Å². The molecule has 3 nitrogen and oxygen atoms in total. The maximum atomic E-state index is 7.56. The van der Waals surface area contributed by atoms with E-state index in [2.05, 4.69) is 119 Å². The van der Waals surface area contributed by atoms with Gasteiger partial charge in [0.25, 0.3) is 0 Å². The number of hydrogen-bond acceptors (Lipinski definition) is 3. The Hall–Kier alpha value is -5.41. The van der Waals surface area contributed by atoms with Crippen molar-refractivity contribution in [3.05, 3.63) is 152 Å². The molecule has 7 rings (SSSR count). The van der Waals surface area contributed by atoms with Crippen molar-refractivity contribution in [2.24, 2.45) is 5.92 Å². The molecule has 3 heteroatoms. The lowest BCUT2D eigenvalue weighted by atomic mass is 9.82. The van der Waals surface area contributed by atoms with Crippen LogP contribution in [-0.4, -0.2) is 16.2 Å². The Morgan fingerprint density at radius 2 is 0.833 bits per heavy atom. The molecular formula is C39H29N3. The van der Waals surface area contributed by atoms with Crippen LogP contribution in [0.1, 0.15) is 12.0 Å². The van der Waals surface area contributed by atoms with Crippen molar-refractivity contribution in [3.63, 3.8) is 0 Å². The van der Waals surface area contributed by atoms with Gasteiger partial charge in [-0.2, -0.15) is 0 Å². The zero-order chi connectivity index (χ0) is 28.3. The van der Waals surface area contributed by atoms with Gasteiger partial charge >= 0.3 is 0 Å². The second kappa shape index (κ2) is 11.2. The summed E-state index contributed by atoms with van der Waals surface area (Å²) in [4.78, 5) is 8.65. The Labute approximate surface area is 246 Å². The molecule has 42 heavy (non-hydrogen) atoms. The average molecular weight is 540 g/mol. The third-order valence-corrected chi connectivity index (χ3v) is 7.97. The maximum absolute atomic E-state index is 7.56. The number of nitrogens with one attached hydrogen (secondary N) is 1. The lowest BCUT2D eigenvalue weighted by Crippen LogP contribution is -2.09. The summed E-state index contributed by atoms with van der Waals surface area (Å²) in [6.45, 7) is 0. The van der Waals surface area contributed by atoms with E-state index in [9.17, 15) is 0 Å². The Kier molecular flexibility index (Phi) is 6.83. The molecule has 0 saturated carbocycles. The fourth-order valence-corrected chi connectivity index (χ4v) is 5.65. The Bertz CT molecular complexity index is 1820. The molecule has 4 aromatic carbocycles. The summed E-state index contributed by atoms with van der Waals surface area (Å²) < 4.78 is 0. The van der Waals surface area contributed by atoms with E-state index >= 15 is 0 Å². The number of aromatic nitrogens is 2. The fourth-order valence-electron chi connectivity index (χ4n) is 5.65. The highest BCUT2D eigenvalue weighted by Gasteiger charge is 2.18. The third kappa shape index (κ3) is 5.21. The minimum absolute atomic E-state index is 0.262. The SMILES string of the molecule is N=CC1C=C(c2cccc(-c3cc(-c4cccc(-c5cccnc5)c4)cc(-c4cccc(-c5cccnc5)c4)c3)c2)C1. The fraction of sp³-hybridized carbons (Fsp3) is 0.0513. The molecule has 0 radical (unpaired) electrons. The Morgan fingerprint density at radius 1 is 0.476 bits per heavy atom. The van der Waals surface area contributed by atoms with E-state index < -0.39 is 0 Å². The highest BCUT2D eigenvalue weighted by atomic mass is 14.6. The molecule has 1 unspecified atom stereocenters. The van der Waals surface area contributed by atoms with Crippen LogP contribution in [-0.2, 0) is 0 Å². The molecule has 6 aromatic rings. The molecule has 0 amide bonds. The molecule has 0 spiro atoms. The zero-order valence-electron chi connectivity index (χ0n) is 23.1. The quantitative estimate of drug-likeness (QED) is 0.205. The second-order valence-corrected chi connectivity index (χ2v) is 10.8. The predicted octanol–water partition coefficient (Wildman–Crippen LogP) is 9.86. The van der Waals surface area contributed by atoms with Gasteiger partial charge in [0, 0.05) is 48.0 Å². The first kappa shape index (κ1) is 25.6. The highest BCUT2D eigenvalue weighted by Crippen LogP contribution is 2.38. The third-order valence-electron chi connectivity index (χ3n) is 7.97. The number of hydrogen-bond donors (Lipinski definition) is 1. The molecule has 1 aliphatic rings. The van der Waals surface area contributed by atoms with E-state index in [1.165, 1.54) is 28.5 Å². The molecular weight excluding hydrogens is 510 g/mol. The smallest absolute Gasteiger partial charge is 0.0346 e. The van der Waals surface area contributed by atoms with Crippen molar-refractivity contribution in [3.8, 4) is 55.6 Å². The summed E-state index contributed by atoms with van der Waals surface area (Å²) in [5.74, 6) is 0.262. The second-order valence-electron chi connectivity index (χ2n) is 10.8. The molecule has 0 fully saturated rings. The minimum atomic E-state index is 0.262. The zero-order valence-corrected chi connectivity index (χ0v) is 23.1. The largest absolute Gasteiger partial charge is 0.312 e. The first-order valence-corrected chi connectivity index (χ1v) is 14.2. The Balaban J connectivity index is 1.36. The molecule has 0 bridgehead atoms. The van der Waals surface area contributed by atoms with Gasteiger partial charge in [0.2, 0.25) is 0 Å². The van der Waals surface area contributed by atoms with E-state index in [1.54, 1.807) is 0 Å². The number of allylic oxidation sites excluding steroid dienone is 2. The van der Waals surface area contributed by atoms with E-state index in [1.807, 2.05) is 36.9 Å².